The van der Waals surface area contributed by atoms with Gasteiger partial charge in [-0.1, -0.05) is 60.7 Å². The molecule has 1 fully saturated rings. The topological polar surface area (TPSA) is 74.2 Å². The largest absolute Gasteiger partial charge is 0.380 e. The van der Waals surface area contributed by atoms with Crippen LogP contribution in [0.3, 0.4) is 0 Å². The van der Waals surface area contributed by atoms with E-state index < -0.39 is 5.60 Å². The van der Waals surface area contributed by atoms with Crippen LogP contribution in [0.1, 0.15) is 30.4 Å². The van der Waals surface area contributed by atoms with Crippen LogP contribution in [0.2, 0.25) is 0 Å². The van der Waals surface area contributed by atoms with Gasteiger partial charge in [-0.25, -0.2) is 9.78 Å². The van der Waals surface area contributed by atoms with Crippen molar-refractivity contribution in [3.8, 4) is 0 Å². The number of fused-ring (bicyclic) bond motifs is 1. The van der Waals surface area contributed by atoms with E-state index in [9.17, 15) is 9.90 Å². The third-order valence-electron chi connectivity index (χ3n) is 6.99. The Labute approximate surface area is 193 Å². The van der Waals surface area contributed by atoms with Crippen LogP contribution in [0.5, 0.6) is 0 Å². The summed E-state index contributed by atoms with van der Waals surface area (Å²) in [5, 5.41) is 12.0. The van der Waals surface area contributed by atoms with Crippen molar-refractivity contribution in [2.75, 3.05) is 19.6 Å². The Bertz CT molecular complexity index is 1200. The summed E-state index contributed by atoms with van der Waals surface area (Å²) in [5.41, 5.74) is 2.33. The van der Waals surface area contributed by atoms with Crippen LogP contribution >= 0.6 is 0 Å². The number of rotatable bonds is 7. The first kappa shape index (κ1) is 21.6. The van der Waals surface area contributed by atoms with Gasteiger partial charge >= 0.3 is 5.69 Å². The predicted octanol–water partition coefficient (Wildman–Crippen LogP) is 3.76. The molecule has 2 aromatic heterocycles. The lowest BCUT2D eigenvalue weighted by Gasteiger charge is -2.42. The molecule has 0 saturated carbocycles. The van der Waals surface area contributed by atoms with Crippen molar-refractivity contribution in [2.45, 2.75) is 31.4 Å². The van der Waals surface area contributed by atoms with E-state index in [1.54, 1.807) is 10.8 Å². The van der Waals surface area contributed by atoms with Gasteiger partial charge in [0.2, 0.25) is 0 Å². The van der Waals surface area contributed by atoms with E-state index >= 15 is 0 Å². The SMILES string of the molecule is O=c1[nH]c2cccnc2n1CCCN1CCC(C(O)(c2ccccc2)c2ccccc2)CC1. The lowest BCUT2D eigenvalue weighted by molar-refractivity contribution is -0.0143. The van der Waals surface area contributed by atoms with Gasteiger partial charge < -0.3 is 15.0 Å². The lowest BCUT2D eigenvalue weighted by Crippen LogP contribution is -2.44. The van der Waals surface area contributed by atoms with E-state index in [2.05, 4.69) is 14.9 Å². The van der Waals surface area contributed by atoms with Gasteiger partial charge in [0.05, 0.1) is 5.52 Å². The molecule has 1 aliphatic heterocycles. The Morgan fingerprint density at radius 3 is 2.18 bits per heavy atom. The van der Waals surface area contributed by atoms with Crippen LogP contribution in [0.4, 0.5) is 0 Å². The number of pyridine rings is 1. The monoisotopic (exact) mass is 442 g/mol. The Balaban J connectivity index is 1.24. The van der Waals surface area contributed by atoms with E-state index in [0.717, 1.165) is 61.2 Å². The van der Waals surface area contributed by atoms with Crippen LogP contribution in [0.25, 0.3) is 11.2 Å². The molecule has 0 aliphatic carbocycles. The van der Waals surface area contributed by atoms with Gasteiger partial charge in [-0.3, -0.25) is 4.57 Å². The molecule has 6 nitrogen and oxygen atoms in total. The number of piperidine rings is 1. The highest BCUT2D eigenvalue weighted by atomic mass is 16.3. The van der Waals surface area contributed by atoms with Crippen molar-refractivity contribution in [1.82, 2.24) is 19.4 Å². The summed E-state index contributed by atoms with van der Waals surface area (Å²) < 4.78 is 1.73. The number of aromatic amines is 1. The molecule has 6 heteroatoms. The first-order valence-electron chi connectivity index (χ1n) is 11.8. The highest BCUT2D eigenvalue weighted by Gasteiger charge is 2.41. The minimum absolute atomic E-state index is 0.0989. The number of benzene rings is 2. The van der Waals surface area contributed by atoms with Crippen LogP contribution in [-0.2, 0) is 12.1 Å². The normalized spacial score (nSPS) is 15.8. The summed E-state index contributed by atoms with van der Waals surface area (Å²) in [4.78, 5) is 21.9. The number of likely N-dealkylation sites (tertiary alicyclic amines) is 1. The van der Waals surface area contributed by atoms with Gasteiger partial charge in [0.1, 0.15) is 5.60 Å². The number of nitrogens with zero attached hydrogens (tertiary/aromatic N) is 3. The molecule has 0 amide bonds. The molecule has 1 aliphatic rings. The van der Waals surface area contributed by atoms with Crippen LogP contribution in [0.15, 0.2) is 83.8 Å². The second-order valence-corrected chi connectivity index (χ2v) is 8.92. The number of aromatic nitrogens is 3. The van der Waals surface area contributed by atoms with Crippen molar-refractivity contribution in [1.29, 1.82) is 0 Å². The van der Waals surface area contributed by atoms with Gasteiger partial charge in [0.25, 0.3) is 0 Å². The second kappa shape index (κ2) is 9.33. The van der Waals surface area contributed by atoms with Crippen molar-refractivity contribution in [2.24, 2.45) is 5.92 Å². The number of aryl methyl sites for hydroxylation is 1. The molecule has 5 rings (SSSR count). The maximum Gasteiger partial charge on any atom is 0.327 e. The smallest absolute Gasteiger partial charge is 0.327 e. The fourth-order valence-electron chi connectivity index (χ4n) is 5.25. The molecule has 3 heterocycles. The quantitative estimate of drug-likeness (QED) is 0.457. The lowest BCUT2D eigenvalue weighted by atomic mass is 9.72. The molecule has 33 heavy (non-hydrogen) atoms. The number of hydrogen-bond acceptors (Lipinski definition) is 4. The number of hydrogen-bond donors (Lipinski definition) is 2. The second-order valence-electron chi connectivity index (χ2n) is 8.92. The zero-order valence-electron chi connectivity index (χ0n) is 18.7. The average molecular weight is 443 g/mol. The minimum atomic E-state index is -0.988. The zero-order valence-corrected chi connectivity index (χ0v) is 18.7. The van der Waals surface area contributed by atoms with Crippen molar-refractivity contribution in [3.63, 3.8) is 0 Å². The van der Waals surface area contributed by atoms with Gasteiger partial charge in [-0.2, -0.15) is 0 Å². The van der Waals surface area contributed by atoms with Crippen LogP contribution in [-0.4, -0.2) is 44.2 Å². The van der Waals surface area contributed by atoms with E-state index in [1.165, 1.54) is 0 Å². The first-order chi connectivity index (χ1) is 16.2. The summed E-state index contributed by atoms with van der Waals surface area (Å²) in [7, 11) is 0. The van der Waals surface area contributed by atoms with Gasteiger partial charge in [-0.15, -0.1) is 0 Å². The van der Waals surface area contributed by atoms with Crippen molar-refractivity contribution >= 4 is 11.2 Å². The molecule has 0 atom stereocenters. The molecule has 0 radical (unpaired) electrons. The maximum absolute atomic E-state index is 12.3. The molecule has 0 spiro atoms. The predicted molar refractivity (Wildman–Crippen MR) is 130 cm³/mol. The number of H-pyrrole nitrogens is 1. The molecule has 2 N–H and O–H groups in total. The van der Waals surface area contributed by atoms with Gasteiger partial charge in [0.15, 0.2) is 5.65 Å². The molecule has 170 valence electrons. The fraction of sp³-hybridized carbons (Fsp3) is 0.333. The van der Waals surface area contributed by atoms with E-state index in [1.807, 2.05) is 72.8 Å². The molecular formula is C27H30N4O2. The van der Waals surface area contributed by atoms with E-state index in [0.29, 0.717) is 6.54 Å². The Hall–Kier alpha value is -3.22. The fourth-order valence-corrected chi connectivity index (χ4v) is 5.25. The van der Waals surface area contributed by atoms with E-state index in [-0.39, 0.29) is 11.6 Å². The molecule has 0 bridgehead atoms. The maximum atomic E-state index is 12.3. The van der Waals surface area contributed by atoms with Crippen molar-refractivity contribution in [3.05, 3.63) is 101 Å². The van der Waals surface area contributed by atoms with E-state index in [4.69, 9.17) is 0 Å². The molecule has 2 aromatic carbocycles. The third kappa shape index (κ3) is 4.24. The summed E-state index contributed by atoms with van der Waals surface area (Å²) in [5.74, 6) is 0.152. The molecular weight excluding hydrogens is 412 g/mol. The zero-order chi connectivity index (χ0) is 22.7. The number of nitrogens with one attached hydrogen (secondary N) is 1. The number of imidazole rings is 1. The highest BCUT2D eigenvalue weighted by molar-refractivity contribution is 5.69. The highest BCUT2D eigenvalue weighted by Crippen LogP contribution is 2.41. The Morgan fingerprint density at radius 2 is 1.55 bits per heavy atom. The summed E-state index contributed by atoms with van der Waals surface area (Å²) in [6.07, 6.45) is 4.46. The third-order valence-corrected chi connectivity index (χ3v) is 6.99. The first-order valence-corrected chi connectivity index (χ1v) is 11.8. The molecule has 4 aromatic rings. The van der Waals surface area contributed by atoms with Crippen molar-refractivity contribution < 1.29 is 5.11 Å². The average Bonchev–Trinajstić information content (AvgIpc) is 3.20. The van der Waals surface area contributed by atoms with Crippen LogP contribution < -0.4 is 5.69 Å². The molecule has 0 unspecified atom stereocenters. The van der Waals surface area contributed by atoms with Crippen LogP contribution in [0, 0.1) is 5.92 Å². The summed E-state index contributed by atoms with van der Waals surface area (Å²) in [6, 6.07) is 23.8. The minimum Gasteiger partial charge on any atom is -0.380 e. The standard InChI is InChI=1S/C27H30N4O2/c32-26-29-24-13-7-16-28-25(24)31(26)18-8-17-30-19-14-23(15-20-30)27(33,21-9-3-1-4-10-21)22-11-5-2-6-12-22/h1-7,9-13,16,23,33H,8,14-15,17-20H2,(H,29,32). The Morgan fingerprint density at radius 1 is 0.909 bits per heavy atom. The summed E-state index contributed by atoms with van der Waals surface area (Å²) in [6.45, 7) is 3.45. The Kier molecular flexibility index (Phi) is 6.11. The van der Waals surface area contributed by atoms with Gasteiger partial charge in [0, 0.05) is 12.7 Å². The molecule has 1 saturated heterocycles. The van der Waals surface area contributed by atoms with Gasteiger partial charge in [-0.05, 0) is 68.1 Å². The summed E-state index contributed by atoms with van der Waals surface area (Å²) >= 11 is 0. The number of aliphatic hydroxyl groups is 1.